The summed E-state index contributed by atoms with van der Waals surface area (Å²) in [5.74, 6) is 2.38. The number of rotatable bonds is 6. The third kappa shape index (κ3) is 5.47. The van der Waals surface area contributed by atoms with Gasteiger partial charge in [0, 0.05) is 16.7 Å². The Labute approximate surface area is 290 Å². The Bertz CT molecular complexity index is 2440. The molecule has 2 aromatic heterocycles. The van der Waals surface area contributed by atoms with Crippen LogP contribution in [0.5, 0.6) is 0 Å². The Balaban J connectivity index is 1.08. The summed E-state index contributed by atoms with van der Waals surface area (Å²) in [5, 5.41) is 8.75. The van der Waals surface area contributed by atoms with Crippen LogP contribution in [0.25, 0.3) is 67.6 Å². The maximum atomic E-state index is 4.94. The Kier molecular flexibility index (Phi) is 7.39. The molecule has 0 aliphatic heterocycles. The molecule has 1 aliphatic rings. The summed E-state index contributed by atoms with van der Waals surface area (Å²) in [5.41, 5.74) is 13.2. The van der Waals surface area contributed by atoms with Crippen molar-refractivity contribution >= 4 is 16.6 Å². The first-order valence-corrected chi connectivity index (χ1v) is 16.9. The molecule has 9 rings (SSSR count). The minimum atomic E-state index is 0.417. The first-order chi connectivity index (χ1) is 24.7. The van der Waals surface area contributed by atoms with Gasteiger partial charge in [0.1, 0.15) is 5.52 Å². The zero-order valence-corrected chi connectivity index (χ0v) is 27.5. The van der Waals surface area contributed by atoms with Crippen LogP contribution >= 0.6 is 0 Å². The van der Waals surface area contributed by atoms with Crippen molar-refractivity contribution in [1.82, 2.24) is 29.9 Å². The van der Waals surface area contributed by atoms with Crippen LogP contribution in [-0.2, 0) is 6.42 Å². The van der Waals surface area contributed by atoms with Gasteiger partial charge in [0.25, 0.3) is 0 Å². The van der Waals surface area contributed by atoms with Crippen LogP contribution in [0, 0.1) is 5.92 Å². The average Bonchev–Trinajstić information content (AvgIpc) is 3.62. The number of nitrogens with zero attached hydrogens (tertiary/aromatic N) is 6. The van der Waals surface area contributed by atoms with Crippen LogP contribution in [0.15, 0.2) is 158 Å². The Morgan fingerprint density at radius 3 is 1.74 bits per heavy atom. The van der Waals surface area contributed by atoms with E-state index < -0.39 is 0 Å². The lowest BCUT2D eigenvalue weighted by molar-refractivity contribution is 0.714. The van der Waals surface area contributed by atoms with Crippen LogP contribution in [-0.4, -0.2) is 29.9 Å². The molecular weight excluding hydrogens is 613 g/mol. The van der Waals surface area contributed by atoms with Crippen molar-refractivity contribution in [2.24, 2.45) is 5.92 Å². The number of fused-ring (bicyclic) bond motifs is 2. The van der Waals surface area contributed by atoms with Gasteiger partial charge in [0.05, 0.1) is 11.2 Å². The molecule has 0 radical (unpaired) electrons. The summed E-state index contributed by atoms with van der Waals surface area (Å²) in [6.45, 7) is 2.29. The standard InChI is InChI=1S/C44H32N6/c1-29-27-35-15-10-16-37(30-23-25-36(26-24-30)50-40-18-9-8-17-39(40)48-49-50)41(35)38(28-29)31-19-21-34(22-20-31)44-46-42(32-11-4-2-5-12-32)45-43(47-44)33-13-6-3-7-14-33/h2-26,28-29H,27H2,1H3. The molecule has 6 heteroatoms. The molecule has 0 amide bonds. The zero-order chi connectivity index (χ0) is 33.4. The summed E-state index contributed by atoms with van der Waals surface area (Å²) in [6, 6.07) is 52.2. The lowest BCUT2D eigenvalue weighted by Crippen LogP contribution is -2.09. The number of hydrogen-bond acceptors (Lipinski definition) is 5. The van der Waals surface area contributed by atoms with Gasteiger partial charge in [0.2, 0.25) is 0 Å². The molecule has 238 valence electrons. The van der Waals surface area contributed by atoms with Gasteiger partial charge in [0.15, 0.2) is 17.5 Å². The number of allylic oxidation sites excluding steroid dienone is 1. The Morgan fingerprint density at radius 2 is 1.08 bits per heavy atom. The third-order valence-corrected chi connectivity index (χ3v) is 9.34. The maximum Gasteiger partial charge on any atom is 0.164 e. The average molecular weight is 645 g/mol. The second-order valence-corrected chi connectivity index (χ2v) is 12.8. The van der Waals surface area contributed by atoms with E-state index in [-0.39, 0.29) is 0 Å². The lowest BCUT2D eigenvalue weighted by Gasteiger charge is -2.25. The highest BCUT2D eigenvalue weighted by Crippen LogP contribution is 2.41. The van der Waals surface area contributed by atoms with E-state index in [9.17, 15) is 0 Å². The topological polar surface area (TPSA) is 69.4 Å². The fourth-order valence-electron chi connectivity index (χ4n) is 6.92. The molecule has 0 saturated carbocycles. The normalized spacial score (nSPS) is 13.9. The Hall–Kier alpha value is -6.53. The molecule has 0 fully saturated rings. The number of para-hydroxylation sites is 1. The fourth-order valence-corrected chi connectivity index (χ4v) is 6.92. The van der Waals surface area contributed by atoms with E-state index in [2.05, 4.69) is 90.0 Å². The fraction of sp³-hybridized carbons (Fsp3) is 0.0682. The van der Waals surface area contributed by atoms with Crippen molar-refractivity contribution in [2.45, 2.75) is 13.3 Å². The van der Waals surface area contributed by atoms with Crippen LogP contribution in [0.4, 0.5) is 0 Å². The van der Waals surface area contributed by atoms with Crippen LogP contribution < -0.4 is 0 Å². The van der Waals surface area contributed by atoms with Crippen molar-refractivity contribution in [2.75, 3.05) is 0 Å². The zero-order valence-electron chi connectivity index (χ0n) is 27.5. The summed E-state index contributed by atoms with van der Waals surface area (Å²) in [6.07, 6.45) is 3.42. The second-order valence-electron chi connectivity index (χ2n) is 12.8. The highest BCUT2D eigenvalue weighted by molar-refractivity contribution is 5.92. The molecule has 8 aromatic rings. The molecule has 50 heavy (non-hydrogen) atoms. The van der Waals surface area contributed by atoms with E-state index >= 15 is 0 Å². The highest BCUT2D eigenvalue weighted by Gasteiger charge is 2.22. The van der Waals surface area contributed by atoms with Gasteiger partial charge in [-0.3, -0.25) is 0 Å². The first-order valence-electron chi connectivity index (χ1n) is 16.9. The largest absolute Gasteiger partial charge is 0.213 e. The predicted molar refractivity (Wildman–Crippen MR) is 200 cm³/mol. The molecule has 1 atom stereocenters. The lowest BCUT2D eigenvalue weighted by atomic mass is 9.79. The first kappa shape index (κ1) is 29.6. The number of aromatic nitrogens is 6. The van der Waals surface area contributed by atoms with Crippen LogP contribution in [0.1, 0.15) is 23.6 Å². The van der Waals surface area contributed by atoms with Gasteiger partial charge in [-0.2, -0.15) is 0 Å². The molecular formula is C44H32N6. The van der Waals surface area contributed by atoms with E-state index in [4.69, 9.17) is 15.0 Å². The summed E-state index contributed by atoms with van der Waals surface area (Å²) >= 11 is 0. The molecule has 2 heterocycles. The number of benzene rings is 6. The summed E-state index contributed by atoms with van der Waals surface area (Å²) in [7, 11) is 0. The van der Waals surface area contributed by atoms with E-state index in [1.54, 1.807) is 0 Å². The minimum absolute atomic E-state index is 0.417. The smallest absolute Gasteiger partial charge is 0.164 e. The molecule has 1 unspecified atom stereocenters. The van der Waals surface area contributed by atoms with E-state index in [0.717, 1.165) is 39.8 Å². The molecule has 1 aliphatic carbocycles. The van der Waals surface area contributed by atoms with Gasteiger partial charge in [-0.15, -0.1) is 5.10 Å². The van der Waals surface area contributed by atoms with Gasteiger partial charge < -0.3 is 0 Å². The van der Waals surface area contributed by atoms with Crippen molar-refractivity contribution in [3.63, 3.8) is 0 Å². The van der Waals surface area contributed by atoms with Gasteiger partial charge in [-0.1, -0.05) is 146 Å². The van der Waals surface area contributed by atoms with Crippen molar-refractivity contribution in [1.29, 1.82) is 0 Å². The Morgan fingerprint density at radius 1 is 0.520 bits per heavy atom. The molecule has 0 N–H and O–H groups in total. The van der Waals surface area contributed by atoms with Gasteiger partial charge in [-0.05, 0) is 70.0 Å². The molecule has 6 nitrogen and oxygen atoms in total. The molecule has 0 saturated heterocycles. The van der Waals surface area contributed by atoms with E-state index in [1.165, 1.54) is 33.4 Å². The predicted octanol–water partition coefficient (Wildman–Crippen LogP) is 9.90. The van der Waals surface area contributed by atoms with E-state index in [0.29, 0.717) is 23.4 Å². The van der Waals surface area contributed by atoms with E-state index in [1.807, 2.05) is 89.6 Å². The molecule has 0 bridgehead atoms. The monoisotopic (exact) mass is 644 g/mol. The summed E-state index contributed by atoms with van der Waals surface area (Å²) in [4.78, 5) is 14.7. The van der Waals surface area contributed by atoms with Crippen molar-refractivity contribution in [3.8, 4) is 51.0 Å². The molecule has 6 aromatic carbocycles. The number of hydrogen-bond donors (Lipinski definition) is 0. The molecule has 0 spiro atoms. The van der Waals surface area contributed by atoms with Gasteiger partial charge in [-0.25, -0.2) is 19.6 Å². The SMILES string of the molecule is CC1C=C(c2ccc(-c3nc(-c4ccccc4)nc(-c4ccccc4)n3)cc2)c2c(cccc2-c2ccc(-n3nnc4ccccc43)cc2)C1. The van der Waals surface area contributed by atoms with Crippen LogP contribution in [0.3, 0.4) is 0 Å². The third-order valence-electron chi connectivity index (χ3n) is 9.34. The highest BCUT2D eigenvalue weighted by atomic mass is 15.4. The van der Waals surface area contributed by atoms with Crippen molar-refractivity contribution < 1.29 is 0 Å². The van der Waals surface area contributed by atoms with Gasteiger partial charge >= 0.3 is 0 Å². The van der Waals surface area contributed by atoms with Crippen molar-refractivity contribution in [3.05, 3.63) is 174 Å². The second kappa shape index (κ2) is 12.5. The minimum Gasteiger partial charge on any atom is -0.213 e. The summed E-state index contributed by atoms with van der Waals surface area (Å²) < 4.78 is 1.90. The van der Waals surface area contributed by atoms with Crippen LogP contribution in [0.2, 0.25) is 0 Å². The maximum absolute atomic E-state index is 4.94. The quantitative estimate of drug-likeness (QED) is 0.180.